The lowest BCUT2D eigenvalue weighted by Gasteiger charge is -2.11. The highest BCUT2D eigenvalue weighted by atomic mass is 16.5. The van der Waals surface area contributed by atoms with Gasteiger partial charge < -0.3 is 15.4 Å². The van der Waals surface area contributed by atoms with Crippen molar-refractivity contribution in [3.8, 4) is 5.75 Å². The summed E-state index contributed by atoms with van der Waals surface area (Å²) in [5, 5.41) is 5.95. The number of anilines is 3. The van der Waals surface area contributed by atoms with Gasteiger partial charge in [0.2, 0.25) is 5.95 Å². The maximum absolute atomic E-state index is 12.6. The number of carbonyl (C=O) groups excluding carboxylic acids is 1. The van der Waals surface area contributed by atoms with E-state index in [-0.39, 0.29) is 11.6 Å². The number of ether oxygens (including phenoxy) is 1. The number of rotatable bonds is 5. The molecule has 2 aromatic carbocycles. The predicted octanol–water partition coefficient (Wildman–Crippen LogP) is 4.10. The Balaban J connectivity index is 1.79. The minimum Gasteiger partial charge on any atom is -0.495 e. The topological polar surface area (TPSA) is 76.1 Å². The van der Waals surface area contributed by atoms with Crippen LogP contribution in [0, 0.1) is 13.8 Å². The number of hydrogen-bond acceptors (Lipinski definition) is 5. The molecule has 26 heavy (non-hydrogen) atoms. The van der Waals surface area contributed by atoms with Crippen LogP contribution in [-0.4, -0.2) is 23.0 Å². The standard InChI is InChI=1S/C20H20N4O2/c1-13-5-4-6-15(11-13)22-20-21-10-9-16(24-20)19(25)23-17-12-14(2)7-8-18(17)26-3/h4-12H,1-3H3,(H,23,25)(H,21,22,24). The summed E-state index contributed by atoms with van der Waals surface area (Å²) in [5.41, 5.74) is 3.87. The van der Waals surface area contributed by atoms with E-state index in [1.807, 2.05) is 56.3 Å². The molecule has 0 radical (unpaired) electrons. The van der Waals surface area contributed by atoms with E-state index in [1.165, 1.54) is 0 Å². The first-order chi connectivity index (χ1) is 12.5. The van der Waals surface area contributed by atoms with Crippen molar-refractivity contribution in [1.82, 2.24) is 9.97 Å². The van der Waals surface area contributed by atoms with Crippen molar-refractivity contribution in [1.29, 1.82) is 0 Å². The van der Waals surface area contributed by atoms with E-state index in [2.05, 4.69) is 20.6 Å². The van der Waals surface area contributed by atoms with E-state index in [0.29, 0.717) is 17.4 Å². The Hall–Kier alpha value is -3.41. The minimum atomic E-state index is -0.330. The third-order valence-corrected chi connectivity index (χ3v) is 3.77. The molecule has 1 amide bonds. The molecule has 0 aliphatic heterocycles. The van der Waals surface area contributed by atoms with Gasteiger partial charge in [-0.05, 0) is 55.3 Å². The van der Waals surface area contributed by atoms with Crippen LogP contribution in [0.1, 0.15) is 21.6 Å². The number of carbonyl (C=O) groups is 1. The molecule has 3 aromatic rings. The number of amides is 1. The molecule has 0 saturated heterocycles. The first-order valence-electron chi connectivity index (χ1n) is 8.18. The molecule has 0 aliphatic rings. The second-order valence-corrected chi connectivity index (χ2v) is 5.92. The zero-order valence-corrected chi connectivity index (χ0v) is 14.9. The molecule has 6 heteroatoms. The number of benzene rings is 2. The van der Waals surface area contributed by atoms with E-state index >= 15 is 0 Å². The Morgan fingerprint density at radius 1 is 1.04 bits per heavy atom. The van der Waals surface area contributed by atoms with Crippen LogP contribution in [-0.2, 0) is 0 Å². The van der Waals surface area contributed by atoms with E-state index in [4.69, 9.17) is 4.74 Å². The van der Waals surface area contributed by atoms with Crippen LogP contribution in [0.2, 0.25) is 0 Å². The van der Waals surface area contributed by atoms with Crippen LogP contribution < -0.4 is 15.4 Å². The summed E-state index contributed by atoms with van der Waals surface area (Å²) in [6.07, 6.45) is 1.55. The Kier molecular flexibility index (Phi) is 5.12. The van der Waals surface area contributed by atoms with Crippen molar-refractivity contribution >= 4 is 23.2 Å². The van der Waals surface area contributed by atoms with Gasteiger partial charge in [0.25, 0.3) is 5.91 Å². The highest BCUT2D eigenvalue weighted by Gasteiger charge is 2.12. The largest absolute Gasteiger partial charge is 0.495 e. The van der Waals surface area contributed by atoms with Crippen LogP contribution in [0.5, 0.6) is 5.75 Å². The van der Waals surface area contributed by atoms with Crippen molar-refractivity contribution in [2.75, 3.05) is 17.7 Å². The molecule has 0 saturated carbocycles. The summed E-state index contributed by atoms with van der Waals surface area (Å²) >= 11 is 0. The van der Waals surface area contributed by atoms with E-state index in [0.717, 1.165) is 16.8 Å². The van der Waals surface area contributed by atoms with Gasteiger partial charge in [0, 0.05) is 11.9 Å². The van der Waals surface area contributed by atoms with Crippen molar-refractivity contribution in [3.63, 3.8) is 0 Å². The SMILES string of the molecule is COc1ccc(C)cc1NC(=O)c1ccnc(Nc2cccc(C)c2)n1. The molecular weight excluding hydrogens is 328 g/mol. The molecule has 6 nitrogen and oxygen atoms in total. The van der Waals surface area contributed by atoms with Gasteiger partial charge in [-0.2, -0.15) is 0 Å². The molecular formula is C20H20N4O2. The lowest BCUT2D eigenvalue weighted by Crippen LogP contribution is -2.15. The zero-order chi connectivity index (χ0) is 18.5. The second kappa shape index (κ2) is 7.65. The molecule has 1 aromatic heterocycles. The van der Waals surface area contributed by atoms with Crippen LogP contribution in [0.25, 0.3) is 0 Å². The molecule has 2 N–H and O–H groups in total. The summed E-state index contributed by atoms with van der Waals surface area (Å²) in [4.78, 5) is 21.0. The fourth-order valence-corrected chi connectivity index (χ4v) is 2.50. The molecule has 0 spiro atoms. The first kappa shape index (κ1) is 17.4. The van der Waals surface area contributed by atoms with Gasteiger partial charge in [-0.1, -0.05) is 18.2 Å². The molecule has 3 rings (SSSR count). The van der Waals surface area contributed by atoms with Gasteiger partial charge in [-0.25, -0.2) is 9.97 Å². The van der Waals surface area contributed by atoms with Crippen LogP contribution in [0.4, 0.5) is 17.3 Å². The smallest absolute Gasteiger partial charge is 0.274 e. The molecule has 1 heterocycles. The average molecular weight is 348 g/mol. The summed E-state index contributed by atoms with van der Waals surface area (Å²) in [7, 11) is 1.56. The van der Waals surface area contributed by atoms with Crippen molar-refractivity contribution in [2.45, 2.75) is 13.8 Å². The van der Waals surface area contributed by atoms with E-state index < -0.39 is 0 Å². The Morgan fingerprint density at radius 3 is 2.62 bits per heavy atom. The van der Waals surface area contributed by atoms with Crippen molar-refractivity contribution < 1.29 is 9.53 Å². The predicted molar refractivity (Wildman–Crippen MR) is 102 cm³/mol. The van der Waals surface area contributed by atoms with Gasteiger partial charge in [0.1, 0.15) is 11.4 Å². The highest BCUT2D eigenvalue weighted by molar-refractivity contribution is 6.03. The number of nitrogens with zero attached hydrogens (tertiary/aromatic N) is 2. The van der Waals surface area contributed by atoms with Crippen molar-refractivity contribution in [3.05, 3.63) is 71.5 Å². The third-order valence-electron chi connectivity index (χ3n) is 3.77. The lowest BCUT2D eigenvalue weighted by atomic mass is 10.2. The van der Waals surface area contributed by atoms with Crippen LogP contribution in [0.3, 0.4) is 0 Å². The maximum Gasteiger partial charge on any atom is 0.274 e. The molecule has 0 aliphatic carbocycles. The normalized spacial score (nSPS) is 10.3. The molecule has 0 bridgehead atoms. The summed E-state index contributed by atoms with van der Waals surface area (Å²) in [5.74, 6) is 0.624. The number of aromatic nitrogens is 2. The number of hydrogen-bond donors (Lipinski definition) is 2. The Bertz CT molecular complexity index is 941. The van der Waals surface area contributed by atoms with Gasteiger partial charge in [-0.3, -0.25) is 4.79 Å². The average Bonchev–Trinajstić information content (AvgIpc) is 2.62. The number of aryl methyl sites for hydroxylation is 2. The van der Waals surface area contributed by atoms with Crippen molar-refractivity contribution in [2.24, 2.45) is 0 Å². The second-order valence-electron chi connectivity index (χ2n) is 5.92. The van der Waals surface area contributed by atoms with Gasteiger partial charge in [0.05, 0.1) is 12.8 Å². The monoisotopic (exact) mass is 348 g/mol. The highest BCUT2D eigenvalue weighted by Crippen LogP contribution is 2.25. The van der Waals surface area contributed by atoms with E-state index in [9.17, 15) is 4.79 Å². The minimum absolute atomic E-state index is 0.263. The quantitative estimate of drug-likeness (QED) is 0.726. The molecule has 0 atom stereocenters. The number of nitrogens with one attached hydrogen (secondary N) is 2. The van der Waals surface area contributed by atoms with Gasteiger partial charge in [-0.15, -0.1) is 0 Å². The summed E-state index contributed by atoms with van der Waals surface area (Å²) < 4.78 is 5.29. The Labute approximate surface area is 152 Å². The lowest BCUT2D eigenvalue weighted by molar-refractivity contribution is 0.102. The molecule has 0 fully saturated rings. The van der Waals surface area contributed by atoms with Crippen LogP contribution >= 0.6 is 0 Å². The summed E-state index contributed by atoms with van der Waals surface area (Å²) in [6.45, 7) is 3.95. The fourth-order valence-electron chi connectivity index (χ4n) is 2.50. The first-order valence-corrected chi connectivity index (χ1v) is 8.18. The Morgan fingerprint density at radius 2 is 1.85 bits per heavy atom. The number of methoxy groups -OCH3 is 1. The van der Waals surface area contributed by atoms with Gasteiger partial charge >= 0.3 is 0 Å². The zero-order valence-electron chi connectivity index (χ0n) is 14.9. The fraction of sp³-hybridized carbons (Fsp3) is 0.150. The van der Waals surface area contributed by atoms with E-state index in [1.54, 1.807) is 19.4 Å². The third kappa shape index (κ3) is 4.16. The van der Waals surface area contributed by atoms with Gasteiger partial charge in [0.15, 0.2) is 0 Å². The molecule has 132 valence electrons. The molecule has 0 unspecified atom stereocenters. The summed E-state index contributed by atoms with van der Waals surface area (Å²) in [6, 6.07) is 15.0. The van der Waals surface area contributed by atoms with Crippen LogP contribution in [0.15, 0.2) is 54.7 Å². The maximum atomic E-state index is 12.6.